The van der Waals surface area contributed by atoms with Gasteiger partial charge in [-0.05, 0) is 49.0 Å². The third-order valence-corrected chi connectivity index (χ3v) is 5.57. The molecule has 3 nitrogen and oxygen atoms in total. The molecule has 129 valence electrons. The molecule has 1 aliphatic rings. The molecule has 0 saturated heterocycles. The molecule has 3 atom stereocenters. The summed E-state index contributed by atoms with van der Waals surface area (Å²) in [7, 11) is 1.85. The Morgan fingerprint density at radius 1 is 1.29 bits per heavy atom. The minimum Gasteiger partial charge on any atom is -0.464 e. The van der Waals surface area contributed by atoms with E-state index in [2.05, 4.69) is 33.8 Å². The van der Waals surface area contributed by atoms with E-state index in [4.69, 9.17) is 9.07 Å². The van der Waals surface area contributed by atoms with E-state index in [0.717, 1.165) is 35.8 Å². The lowest BCUT2D eigenvalue weighted by atomic mass is 9.62. The largest absolute Gasteiger partial charge is 0.464 e. The van der Waals surface area contributed by atoms with Crippen molar-refractivity contribution in [2.24, 2.45) is 11.3 Å². The van der Waals surface area contributed by atoms with Gasteiger partial charge in [0.25, 0.3) is 7.48 Å². The Morgan fingerprint density at radius 2 is 2.04 bits per heavy atom. The first-order chi connectivity index (χ1) is 11.3. The predicted molar refractivity (Wildman–Crippen MR) is 98.0 cm³/mol. The Balaban J connectivity index is 1.71. The number of furan rings is 1. The highest BCUT2D eigenvalue weighted by atomic mass is 16.5. The summed E-state index contributed by atoms with van der Waals surface area (Å²) in [5.74, 6) is 0.325. The summed E-state index contributed by atoms with van der Waals surface area (Å²) in [4.78, 5) is 0. The van der Waals surface area contributed by atoms with E-state index in [1.54, 1.807) is 6.26 Å². The molecular formula is C20H28BO3. The van der Waals surface area contributed by atoms with Crippen LogP contribution in [0.1, 0.15) is 52.5 Å². The van der Waals surface area contributed by atoms with E-state index in [1.807, 2.05) is 25.7 Å². The van der Waals surface area contributed by atoms with Gasteiger partial charge in [0.2, 0.25) is 0 Å². The molecule has 1 aromatic carbocycles. The van der Waals surface area contributed by atoms with Crippen molar-refractivity contribution in [3.8, 4) is 0 Å². The zero-order valence-electron chi connectivity index (χ0n) is 15.2. The molecule has 0 amide bonds. The molecule has 0 bridgehead atoms. The number of fused-ring (bicyclic) bond motifs is 1. The number of benzene rings is 1. The Hall–Kier alpha value is -1.26. The molecule has 1 saturated carbocycles. The van der Waals surface area contributed by atoms with E-state index in [-0.39, 0.29) is 5.41 Å². The van der Waals surface area contributed by atoms with Crippen LogP contribution < -0.4 is 0 Å². The summed E-state index contributed by atoms with van der Waals surface area (Å²) in [5, 5.41) is 11.8. The average molecular weight is 327 g/mol. The molecule has 0 spiro atoms. The first kappa shape index (κ1) is 17.6. The maximum Gasteiger partial charge on any atom is 0.298 e. The van der Waals surface area contributed by atoms with Crippen LogP contribution in [0.3, 0.4) is 0 Å². The van der Waals surface area contributed by atoms with Gasteiger partial charge < -0.3 is 14.2 Å². The van der Waals surface area contributed by atoms with Gasteiger partial charge in [0.05, 0.1) is 18.0 Å². The zero-order chi connectivity index (χ0) is 17.4. The van der Waals surface area contributed by atoms with E-state index in [1.165, 1.54) is 0 Å². The van der Waals surface area contributed by atoms with Crippen molar-refractivity contribution in [1.29, 1.82) is 0 Å². The Kier molecular flexibility index (Phi) is 4.81. The summed E-state index contributed by atoms with van der Waals surface area (Å²) in [6.45, 7) is 8.78. The monoisotopic (exact) mass is 327 g/mol. The molecule has 3 rings (SSSR count). The second-order valence-electron chi connectivity index (χ2n) is 8.29. The van der Waals surface area contributed by atoms with Gasteiger partial charge in [-0.2, -0.15) is 0 Å². The normalized spacial score (nSPS) is 28.2. The summed E-state index contributed by atoms with van der Waals surface area (Å²) in [6.07, 6.45) is 5.02. The standard InChI is InChI=1S/C20H28BO3/c1-19(2,3)17-10-7-11-18(22)20(17,4)24-21-12-14-13-23-16-9-6-5-8-15(14)16/h5-6,8-9,13,17-18,22H,7,10-12H2,1-4H3/t17-,18?,20-/m0/s1. The lowest BCUT2D eigenvalue weighted by Crippen LogP contribution is -2.55. The SMILES string of the molecule is CC(C)(C)[C@@H]1CCCC(O)[C@@]1(C)O[B]Cc1coc2ccccc12. The predicted octanol–water partition coefficient (Wildman–Crippen LogP) is 4.53. The topological polar surface area (TPSA) is 42.6 Å². The van der Waals surface area contributed by atoms with Gasteiger partial charge >= 0.3 is 0 Å². The van der Waals surface area contributed by atoms with Crippen molar-refractivity contribution in [2.45, 2.75) is 65.0 Å². The van der Waals surface area contributed by atoms with Crippen LogP contribution in [0.5, 0.6) is 0 Å². The fourth-order valence-electron chi connectivity index (χ4n) is 4.28. The molecule has 1 N–H and O–H groups in total. The Labute approximate surface area is 145 Å². The van der Waals surface area contributed by atoms with E-state index >= 15 is 0 Å². The van der Waals surface area contributed by atoms with Crippen molar-refractivity contribution in [3.05, 3.63) is 36.1 Å². The maximum absolute atomic E-state index is 10.6. The van der Waals surface area contributed by atoms with Gasteiger partial charge in [-0.15, -0.1) is 0 Å². The van der Waals surface area contributed by atoms with Crippen LogP contribution >= 0.6 is 0 Å². The second-order valence-corrected chi connectivity index (χ2v) is 8.29. The van der Waals surface area contributed by atoms with E-state index < -0.39 is 11.7 Å². The number of para-hydroxylation sites is 1. The molecule has 4 heteroatoms. The van der Waals surface area contributed by atoms with Crippen molar-refractivity contribution in [1.82, 2.24) is 0 Å². The smallest absolute Gasteiger partial charge is 0.298 e. The van der Waals surface area contributed by atoms with Crippen molar-refractivity contribution < 1.29 is 14.2 Å². The molecule has 1 aliphatic carbocycles. The van der Waals surface area contributed by atoms with Crippen LogP contribution in [0.25, 0.3) is 11.0 Å². The number of hydrogen-bond donors (Lipinski definition) is 1. The third-order valence-electron chi connectivity index (χ3n) is 5.57. The van der Waals surface area contributed by atoms with Gasteiger partial charge in [-0.3, -0.25) is 0 Å². The lowest BCUT2D eigenvalue weighted by Gasteiger charge is -2.51. The molecule has 1 unspecified atom stereocenters. The summed E-state index contributed by atoms with van der Waals surface area (Å²) < 4.78 is 11.8. The first-order valence-electron chi connectivity index (χ1n) is 8.95. The highest BCUT2D eigenvalue weighted by Crippen LogP contribution is 2.46. The van der Waals surface area contributed by atoms with E-state index in [0.29, 0.717) is 12.2 Å². The van der Waals surface area contributed by atoms with Gasteiger partial charge in [-0.25, -0.2) is 0 Å². The quantitative estimate of drug-likeness (QED) is 0.839. The molecule has 1 fully saturated rings. The van der Waals surface area contributed by atoms with E-state index in [9.17, 15) is 5.11 Å². The third kappa shape index (κ3) is 3.27. The minimum absolute atomic E-state index is 0.103. The maximum atomic E-state index is 10.6. The summed E-state index contributed by atoms with van der Waals surface area (Å²) in [6, 6.07) is 8.03. The summed E-state index contributed by atoms with van der Waals surface area (Å²) >= 11 is 0. The lowest BCUT2D eigenvalue weighted by molar-refractivity contribution is -0.134. The number of aliphatic hydroxyl groups excluding tert-OH is 1. The highest BCUT2D eigenvalue weighted by molar-refractivity contribution is 6.27. The van der Waals surface area contributed by atoms with Crippen LogP contribution in [0.4, 0.5) is 0 Å². The number of hydrogen-bond acceptors (Lipinski definition) is 3. The van der Waals surface area contributed by atoms with Crippen molar-refractivity contribution in [2.75, 3.05) is 0 Å². The molecule has 1 radical (unpaired) electrons. The highest BCUT2D eigenvalue weighted by Gasteiger charge is 2.48. The van der Waals surface area contributed by atoms with Crippen LogP contribution in [0.15, 0.2) is 34.9 Å². The minimum atomic E-state index is -0.532. The van der Waals surface area contributed by atoms with Crippen LogP contribution in [-0.2, 0) is 11.0 Å². The molecular weight excluding hydrogens is 299 g/mol. The van der Waals surface area contributed by atoms with Gasteiger partial charge in [-0.1, -0.05) is 45.4 Å². The summed E-state index contributed by atoms with van der Waals surface area (Å²) in [5.41, 5.74) is 1.59. The Bertz CT molecular complexity index is 687. The fraction of sp³-hybridized carbons (Fsp3) is 0.600. The molecule has 1 aromatic heterocycles. The zero-order valence-corrected chi connectivity index (χ0v) is 15.2. The molecule has 0 aliphatic heterocycles. The van der Waals surface area contributed by atoms with Crippen LogP contribution in [0, 0.1) is 11.3 Å². The van der Waals surface area contributed by atoms with Crippen molar-refractivity contribution in [3.63, 3.8) is 0 Å². The van der Waals surface area contributed by atoms with Gasteiger partial charge in [0, 0.05) is 5.39 Å². The van der Waals surface area contributed by atoms with Crippen LogP contribution in [0.2, 0.25) is 0 Å². The molecule has 2 aromatic rings. The van der Waals surface area contributed by atoms with Crippen molar-refractivity contribution >= 4 is 18.5 Å². The first-order valence-corrected chi connectivity index (χ1v) is 8.95. The average Bonchev–Trinajstić information content (AvgIpc) is 2.92. The molecule has 24 heavy (non-hydrogen) atoms. The second kappa shape index (κ2) is 6.57. The Morgan fingerprint density at radius 3 is 2.79 bits per heavy atom. The fourth-order valence-corrected chi connectivity index (χ4v) is 4.28. The number of aliphatic hydroxyl groups is 1. The molecule has 1 heterocycles. The van der Waals surface area contributed by atoms with Gasteiger partial charge in [0.15, 0.2) is 0 Å². The van der Waals surface area contributed by atoms with Gasteiger partial charge in [0.1, 0.15) is 5.58 Å². The number of rotatable bonds is 4. The van der Waals surface area contributed by atoms with Crippen LogP contribution in [-0.4, -0.2) is 24.3 Å².